The Morgan fingerprint density at radius 2 is 1.00 bits per heavy atom. The van der Waals surface area contributed by atoms with E-state index in [2.05, 4.69) is 4.31 Å². The third-order valence-corrected chi connectivity index (χ3v) is 1.91. The van der Waals surface area contributed by atoms with Crippen LogP contribution in [0.15, 0.2) is 0 Å². The Morgan fingerprint density at radius 1 is 0.857 bits per heavy atom. The summed E-state index contributed by atoms with van der Waals surface area (Å²) in [6.45, 7) is 0. The molecule has 0 atom stereocenters. The first-order valence-electron chi connectivity index (χ1n) is 1.53. The van der Waals surface area contributed by atoms with Gasteiger partial charge in [-0.2, -0.15) is 4.31 Å². The predicted octanol–water partition coefficient (Wildman–Crippen LogP) is -6.17. The second-order valence-corrected chi connectivity index (χ2v) is 3.68. The molecule has 0 aliphatic carbocycles. The summed E-state index contributed by atoms with van der Waals surface area (Å²) in [7, 11) is -10.1. The second kappa shape index (κ2) is 13.4. The van der Waals surface area contributed by atoms with Crippen molar-refractivity contribution in [1.29, 1.82) is 0 Å². The van der Waals surface area contributed by atoms with Crippen LogP contribution in [-0.2, 0) is 30.5 Å². The third kappa shape index (κ3) is 36.7. The molecule has 0 unspecified atom stereocenters. The van der Waals surface area contributed by atoms with E-state index in [4.69, 9.17) is 19.6 Å². The molecule has 10 nitrogen and oxygen atoms in total. The smallest absolute Gasteiger partial charge is 1.00 e. The standard InChI is InChI=1S/Cu.K.H4O7P2.3H2O.H/c;;1-8(2,3)7-9(4,5)6;;;;/h;;(H2,1,2,3)(H2,4,5,6);3*1H2;/q;+1;;;;;-1. The molecule has 0 amide bonds. The van der Waals surface area contributed by atoms with Crippen molar-refractivity contribution in [3.63, 3.8) is 0 Å². The summed E-state index contributed by atoms with van der Waals surface area (Å²) >= 11 is 0. The Morgan fingerprint density at radius 3 is 1.00 bits per heavy atom. The molecule has 0 saturated carbocycles. The van der Waals surface area contributed by atoms with E-state index in [0.717, 1.165) is 0 Å². The van der Waals surface area contributed by atoms with Crippen LogP contribution in [0, 0.1) is 0 Å². The summed E-state index contributed by atoms with van der Waals surface area (Å²) in [6.07, 6.45) is 0. The SMILES string of the molecule is O.O.O.O=P(O)(O)OP(=O)(O)O.[Cu].[H-].[K+]. The average Bonchev–Trinajstić information content (AvgIpc) is 1.14. The Balaban J connectivity index is -0.0000000213. The van der Waals surface area contributed by atoms with E-state index in [9.17, 15) is 9.13 Å². The van der Waals surface area contributed by atoms with Crippen molar-refractivity contribution < 1.29 is 119 Å². The first-order valence-corrected chi connectivity index (χ1v) is 4.59. The fourth-order valence-electron chi connectivity index (χ4n) is 0.139. The minimum atomic E-state index is -5.05. The Bertz CT molecular complexity index is 164. The molecule has 0 bridgehead atoms. The fraction of sp³-hybridized carbons (Fsp3) is 0. The molecule has 93 valence electrons. The molecule has 10 N–H and O–H groups in total. The van der Waals surface area contributed by atoms with E-state index in [1.807, 2.05) is 0 Å². The Kier molecular flexibility index (Phi) is 34.3. The number of phosphoric acid groups is 2. The van der Waals surface area contributed by atoms with E-state index >= 15 is 0 Å². The molecule has 0 saturated heterocycles. The van der Waals surface area contributed by atoms with Gasteiger partial charge in [0.15, 0.2) is 0 Å². The zero-order chi connectivity index (χ0) is 7.71. The third-order valence-electron chi connectivity index (χ3n) is 0.213. The number of rotatable bonds is 2. The van der Waals surface area contributed by atoms with Crippen LogP contribution in [0.3, 0.4) is 0 Å². The van der Waals surface area contributed by atoms with Crippen molar-refractivity contribution in [2.45, 2.75) is 0 Å². The van der Waals surface area contributed by atoms with Crippen LogP contribution in [0.5, 0.6) is 0 Å². The van der Waals surface area contributed by atoms with Gasteiger partial charge in [-0.25, -0.2) is 9.13 Å². The van der Waals surface area contributed by atoms with Crippen LogP contribution >= 0.6 is 15.6 Å². The predicted molar refractivity (Wildman–Crippen MR) is 37.1 cm³/mol. The summed E-state index contributed by atoms with van der Waals surface area (Å²) in [6, 6.07) is 0. The molecular formula is H11CuKO10P2. The summed E-state index contributed by atoms with van der Waals surface area (Å²) in [4.78, 5) is 31.0. The van der Waals surface area contributed by atoms with Gasteiger partial charge >= 0.3 is 67.0 Å². The normalized spacial score (nSPS) is 8.86. The van der Waals surface area contributed by atoms with Crippen LogP contribution in [0.2, 0.25) is 0 Å². The minimum absolute atomic E-state index is 0. The van der Waals surface area contributed by atoms with Crippen molar-refractivity contribution in [3.8, 4) is 0 Å². The zero-order valence-electron chi connectivity index (χ0n) is 7.71. The molecule has 0 fully saturated rings. The van der Waals surface area contributed by atoms with E-state index in [-0.39, 0.29) is 86.3 Å². The van der Waals surface area contributed by atoms with E-state index in [0.29, 0.717) is 0 Å². The molecule has 0 aromatic rings. The van der Waals surface area contributed by atoms with Gasteiger partial charge in [-0.15, -0.1) is 0 Å². The first kappa shape index (κ1) is 36.0. The molecular weight excluding hydrogens is 325 g/mol. The maximum absolute atomic E-state index is 9.63. The minimum Gasteiger partial charge on any atom is -1.00 e. The van der Waals surface area contributed by atoms with Gasteiger partial charge in [0.1, 0.15) is 0 Å². The summed E-state index contributed by atoms with van der Waals surface area (Å²) in [5, 5.41) is 0. The largest absolute Gasteiger partial charge is 1.00 e. The monoisotopic (exact) mass is 335 g/mol. The van der Waals surface area contributed by atoms with Gasteiger partial charge < -0.3 is 37.4 Å². The fourth-order valence-corrected chi connectivity index (χ4v) is 1.25. The van der Waals surface area contributed by atoms with E-state index in [1.165, 1.54) is 0 Å². The van der Waals surface area contributed by atoms with Gasteiger partial charge in [0.25, 0.3) is 0 Å². The van der Waals surface area contributed by atoms with Gasteiger partial charge in [0.05, 0.1) is 0 Å². The summed E-state index contributed by atoms with van der Waals surface area (Å²) < 4.78 is 22.2. The van der Waals surface area contributed by atoms with Crippen molar-refractivity contribution in [1.82, 2.24) is 0 Å². The summed E-state index contributed by atoms with van der Waals surface area (Å²) in [5.41, 5.74) is 0. The number of hydrogen-bond donors (Lipinski definition) is 4. The van der Waals surface area contributed by atoms with Gasteiger partial charge in [-0.05, 0) is 0 Å². The van der Waals surface area contributed by atoms with Crippen molar-refractivity contribution >= 4 is 15.6 Å². The van der Waals surface area contributed by atoms with Crippen LogP contribution in [0.25, 0.3) is 0 Å². The van der Waals surface area contributed by atoms with Gasteiger partial charge in [-0.3, -0.25) is 0 Å². The van der Waals surface area contributed by atoms with Crippen molar-refractivity contribution in [2.24, 2.45) is 0 Å². The van der Waals surface area contributed by atoms with Gasteiger partial charge in [0.2, 0.25) is 0 Å². The Labute approximate surface area is 133 Å². The molecule has 0 spiro atoms. The van der Waals surface area contributed by atoms with Crippen LogP contribution in [0.4, 0.5) is 0 Å². The molecule has 0 aromatic heterocycles. The molecule has 0 rings (SSSR count). The molecule has 0 heterocycles. The zero-order valence-corrected chi connectivity index (χ0v) is 12.6. The molecule has 0 aliphatic heterocycles. The van der Waals surface area contributed by atoms with Gasteiger partial charge in [-0.1, -0.05) is 0 Å². The number of hydrogen-bond acceptors (Lipinski definition) is 3. The van der Waals surface area contributed by atoms with Crippen molar-refractivity contribution in [3.05, 3.63) is 0 Å². The van der Waals surface area contributed by atoms with Crippen molar-refractivity contribution in [2.75, 3.05) is 0 Å². The molecule has 1 radical (unpaired) electrons. The second-order valence-electron chi connectivity index (χ2n) is 1.06. The van der Waals surface area contributed by atoms with Crippen LogP contribution in [-0.4, -0.2) is 36.0 Å². The Hall–Kier alpha value is 2.30. The van der Waals surface area contributed by atoms with Crippen LogP contribution in [0.1, 0.15) is 1.43 Å². The summed E-state index contributed by atoms with van der Waals surface area (Å²) in [5.74, 6) is 0. The van der Waals surface area contributed by atoms with Crippen LogP contribution < -0.4 is 51.4 Å². The average molecular weight is 336 g/mol. The maximum Gasteiger partial charge on any atom is 1.00 e. The van der Waals surface area contributed by atoms with Gasteiger partial charge in [0, 0.05) is 17.1 Å². The molecule has 14 heteroatoms. The quantitative estimate of drug-likeness (QED) is 0.282. The molecule has 0 aromatic carbocycles. The maximum atomic E-state index is 9.63. The first-order chi connectivity index (χ1) is 3.71. The topological polar surface area (TPSA) is 219 Å². The molecule has 14 heavy (non-hydrogen) atoms. The van der Waals surface area contributed by atoms with E-state index < -0.39 is 15.6 Å². The van der Waals surface area contributed by atoms with E-state index in [1.54, 1.807) is 0 Å². The molecule has 0 aliphatic rings.